The molecule has 3 rings (SSSR count). The van der Waals surface area contributed by atoms with Crippen LogP contribution in [-0.4, -0.2) is 28.4 Å². The van der Waals surface area contributed by atoms with E-state index in [1.165, 1.54) is 12.1 Å². The van der Waals surface area contributed by atoms with E-state index in [-0.39, 0.29) is 17.1 Å². The van der Waals surface area contributed by atoms with Crippen LogP contribution in [0.4, 0.5) is 11.4 Å². The number of hydrogen-bond donors (Lipinski definition) is 2. The lowest BCUT2D eigenvalue weighted by atomic mass is 10.2. The van der Waals surface area contributed by atoms with Gasteiger partial charge in [0, 0.05) is 28.2 Å². The van der Waals surface area contributed by atoms with Crippen molar-refractivity contribution in [3.63, 3.8) is 0 Å². The van der Waals surface area contributed by atoms with Crippen LogP contribution in [-0.2, 0) is 9.53 Å². The Morgan fingerprint density at radius 1 is 1.19 bits per heavy atom. The number of amides is 1. The number of nitro benzene ring substituents is 1. The zero-order chi connectivity index (χ0) is 18.7. The van der Waals surface area contributed by atoms with Crippen LogP contribution in [0.1, 0.15) is 16.1 Å². The lowest BCUT2D eigenvalue weighted by Gasteiger charge is -2.07. The fraction of sp³-hybridized carbons (Fsp3) is 0.111. The number of carbonyl (C=O) groups excluding carboxylic acids is 2. The number of hydrogen-bond acceptors (Lipinski definition) is 5. The van der Waals surface area contributed by atoms with Gasteiger partial charge in [-0.15, -0.1) is 0 Å². The molecule has 1 heterocycles. The largest absolute Gasteiger partial charge is 0.451 e. The Bertz CT molecular complexity index is 976. The molecule has 0 fully saturated rings. The quantitative estimate of drug-likeness (QED) is 0.415. The molecule has 26 heavy (non-hydrogen) atoms. The van der Waals surface area contributed by atoms with Gasteiger partial charge in [0.05, 0.1) is 4.92 Å². The predicted octanol–water partition coefficient (Wildman–Crippen LogP) is 3.18. The van der Waals surface area contributed by atoms with Gasteiger partial charge >= 0.3 is 5.97 Å². The number of para-hydroxylation sites is 1. The van der Waals surface area contributed by atoms with Crippen LogP contribution in [0.25, 0.3) is 10.9 Å². The summed E-state index contributed by atoms with van der Waals surface area (Å²) in [6.45, 7) is 1.10. The number of aromatic nitrogens is 1. The highest BCUT2D eigenvalue weighted by Crippen LogP contribution is 2.22. The number of benzene rings is 2. The third-order valence-corrected chi connectivity index (χ3v) is 3.77. The number of esters is 1. The second-order valence-corrected chi connectivity index (χ2v) is 5.65. The second kappa shape index (κ2) is 7.06. The Morgan fingerprint density at radius 2 is 1.96 bits per heavy atom. The summed E-state index contributed by atoms with van der Waals surface area (Å²) in [5.41, 5.74) is 1.67. The fourth-order valence-electron chi connectivity index (χ4n) is 2.47. The molecule has 2 aromatic carbocycles. The molecule has 0 atom stereocenters. The maximum Gasteiger partial charge on any atom is 0.355 e. The van der Waals surface area contributed by atoms with E-state index < -0.39 is 23.4 Å². The van der Waals surface area contributed by atoms with E-state index in [0.717, 1.165) is 10.9 Å². The van der Waals surface area contributed by atoms with Gasteiger partial charge < -0.3 is 15.0 Å². The highest BCUT2D eigenvalue weighted by molar-refractivity contribution is 5.97. The highest BCUT2D eigenvalue weighted by atomic mass is 16.6. The molecule has 8 nitrogen and oxygen atoms in total. The highest BCUT2D eigenvalue weighted by Gasteiger charge is 2.15. The lowest BCUT2D eigenvalue weighted by Crippen LogP contribution is -2.21. The number of nitrogens with one attached hydrogen (secondary N) is 2. The van der Waals surface area contributed by atoms with Gasteiger partial charge in [0.15, 0.2) is 6.61 Å². The number of anilines is 1. The summed E-state index contributed by atoms with van der Waals surface area (Å²) in [6.07, 6.45) is 0. The van der Waals surface area contributed by atoms with Gasteiger partial charge in [-0.05, 0) is 25.1 Å². The van der Waals surface area contributed by atoms with Crippen LogP contribution >= 0.6 is 0 Å². The first-order valence-electron chi connectivity index (χ1n) is 7.74. The van der Waals surface area contributed by atoms with Crippen molar-refractivity contribution < 1.29 is 19.2 Å². The minimum absolute atomic E-state index is 0.0992. The number of nitro groups is 1. The normalized spacial score (nSPS) is 10.5. The Labute approximate surface area is 147 Å². The summed E-state index contributed by atoms with van der Waals surface area (Å²) in [7, 11) is 0. The summed E-state index contributed by atoms with van der Waals surface area (Å²) >= 11 is 0. The molecule has 0 aliphatic rings. The number of nitrogens with zero attached hydrogens (tertiary/aromatic N) is 1. The first-order chi connectivity index (χ1) is 12.4. The van der Waals surface area contributed by atoms with Crippen molar-refractivity contribution >= 4 is 34.2 Å². The van der Waals surface area contributed by atoms with Crippen LogP contribution in [0.2, 0.25) is 0 Å². The van der Waals surface area contributed by atoms with Gasteiger partial charge in [0.1, 0.15) is 5.69 Å². The molecule has 1 amide bonds. The molecule has 0 spiro atoms. The Morgan fingerprint density at radius 3 is 2.69 bits per heavy atom. The lowest BCUT2D eigenvalue weighted by molar-refractivity contribution is -0.385. The first kappa shape index (κ1) is 17.2. The van der Waals surface area contributed by atoms with E-state index in [0.29, 0.717) is 5.56 Å². The van der Waals surface area contributed by atoms with Crippen molar-refractivity contribution in [2.24, 2.45) is 0 Å². The summed E-state index contributed by atoms with van der Waals surface area (Å²) in [5, 5.41) is 14.2. The van der Waals surface area contributed by atoms with Gasteiger partial charge in [-0.25, -0.2) is 4.79 Å². The molecule has 0 saturated carbocycles. The molecule has 3 aromatic rings. The maximum absolute atomic E-state index is 12.0. The van der Waals surface area contributed by atoms with Crippen molar-refractivity contribution in [1.29, 1.82) is 0 Å². The molecule has 0 radical (unpaired) electrons. The number of ether oxygens (including phenoxy) is 1. The minimum atomic E-state index is -0.661. The molecule has 1 aromatic heterocycles. The van der Waals surface area contributed by atoms with Crippen molar-refractivity contribution in [3.8, 4) is 0 Å². The Balaban J connectivity index is 1.61. The van der Waals surface area contributed by atoms with Gasteiger partial charge in [0.25, 0.3) is 11.6 Å². The molecule has 0 aliphatic carbocycles. The van der Waals surface area contributed by atoms with Crippen molar-refractivity contribution in [2.75, 3.05) is 11.9 Å². The number of H-pyrrole nitrogens is 1. The van der Waals surface area contributed by atoms with Crippen molar-refractivity contribution in [2.45, 2.75) is 6.92 Å². The number of aryl methyl sites for hydroxylation is 1. The molecular weight excluding hydrogens is 338 g/mol. The van der Waals surface area contributed by atoms with E-state index in [1.54, 1.807) is 19.1 Å². The number of carbonyl (C=O) groups is 2. The van der Waals surface area contributed by atoms with E-state index in [2.05, 4.69) is 10.3 Å². The third kappa shape index (κ3) is 3.69. The zero-order valence-electron chi connectivity index (χ0n) is 13.8. The molecule has 0 unspecified atom stereocenters. The number of fused-ring (bicyclic) bond motifs is 1. The number of aromatic amines is 1. The van der Waals surface area contributed by atoms with Crippen LogP contribution in [0.3, 0.4) is 0 Å². The van der Waals surface area contributed by atoms with Gasteiger partial charge in [-0.1, -0.05) is 24.3 Å². The summed E-state index contributed by atoms with van der Waals surface area (Å²) in [4.78, 5) is 37.3. The van der Waals surface area contributed by atoms with Crippen LogP contribution < -0.4 is 5.32 Å². The monoisotopic (exact) mass is 353 g/mol. The maximum atomic E-state index is 12.0. The summed E-state index contributed by atoms with van der Waals surface area (Å²) in [6, 6.07) is 13.3. The van der Waals surface area contributed by atoms with Crippen LogP contribution in [0.5, 0.6) is 0 Å². The Hall–Kier alpha value is -3.68. The van der Waals surface area contributed by atoms with E-state index in [9.17, 15) is 19.7 Å². The molecule has 0 saturated heterocycles. The SMILES string of the molecule is Cc1ccc(NC(=O)COC(=O)c2cc3ccccc3[nH]2)cc1[N+](=O)[O-]. The topological polar surface area (TPSA) is 114 Å². The van der Waals surface area contributed by atoms with Crippen molar-refractivity contribution in [1.82, 2.24) is 4.98 Å². The van der Waals surface area contributed by atoms with E-state index in [4.69, 9.17) is 4.74 Å². The molecule has 8 heteroatoms. The first-order valence-corrected chi connectivity index (χ1v) is 7.74. The van der Waals surface area contributed by atoms with E-state index >= 15 is 0 Å². The second-order valence-electron chi connectivity index (χ2n) is 5.65. The molecule has 0 aliphatic heterocycles. The summed E-state index contributed by atoms with van der Waals surface area (Å²) < 4.78 is 4.98. The average molecular weight is 353 g/mol. The van der Waals surface area contributed by atoms with Gasteiger partial charge in [-0.3, -0.25) is 14.9 Å². The predicted molar refractivity (Wildman–Crippen MR) is 95.0 cm³/mol. The Kier molecular flexibility index (Phi) is 4.66. The van der Waals surface area contributed by atoms with Gasteiger partial charge in [0.2, 0.25) is 0 Å². The molecule has 2 N–H and O–H groups in total. The standard InChI is InChI=1S/C18H15N3O5/c1-11-6-7-13(9-16(11)21(24)25)19-17(22)10-26-18(23)15-8-12-4-2-3-5-14(12)20-15/h2-9,20H,10H2,1H3,(H,19,22). The molecular formula is C18H15N3O5. The zero-order valence-corrected chi connectivity index (χ0v) is 13.8. The summed E-state index contributed by atoms with van der Waals surface area (Å²) in [5.74, 6) is -1.25. The average Bonchev–Trinajstić information content (AvgIpc) is 3.05. The minimum Gasteiger partial charge on any atom is -0.451 e. The molecule has 132 valence electrons. The van der Waals surface area contributed by atoms with E-state index in [1.807, 2.05) is 24.3 Å². The van der Waals surface area contributed by atoms with Gasteiger partial charge in [-0.2, -0.15) is 0 Å². The molecule has 0 bridgehead atoms. The smallest absolute Gasteiger partial charge is 0.355 e. The number of rotatable bonds is 5. The van der Waals surface area contributed by atoms with Crippen molar-refractivity contribution in [3.05, 3.63) is 69.9 Å². The van der Waals surface area contributed by atoms with Crippen LogP contribution in [0, 0.1) is 17.0 Å². The third-order valence-electron chi connectivity index (χ3n) is 3.77. The van der Waals surface area contributed by atoms with Crippen LogP contribution in [0.15, 0.2) is 48.5 Å². The fourth-order valence-corrected chi connectivity index (χ4v) is 2.47.